The Morgan fingerprint density at radius 2 is 2.17 bits per heavy atom. The summed E-state index contributed by atoms with van der Waals surface area (Å²) < 4.78 is 10.1. The van der Waals surface area contributed by atoms with Gasteiger partial charge in [-0.3, -0.25) is 0 Å². The highest BCUT2D eigenvalue weighted by atomic mass is 79.9. The monoisotopic (exact) mass is 250 g/mol. The second-order valence-corrected chi connectivity index (χ2v) is 4.90. The van der Waals surface area contributed by atoms with Crippen LogP contribution in [0.1, 0.15) is 25.8 Å². The third-order valence-corrected chi connectivity index (χ3v) is 2.35. The lowest BCUT2D eigenvalue weighted by Crippen LogP contribution is -2.18. The van der Waals surface area contributed by atoms with Crippen LogP contribution in [-0.4, -0.2) is 15.0 Å². The zero-order chi connectivity index (χ0) is 9.19. The molecule has 0 aromatic carbocycles. The predicted octanol–water partition coefficient (Wildman–Crippen LogP) is 2.62. The second-order valence-electron chi connectivity index (χ2n) is 3.36. The van der Waals surface area contributed by atoms with E-state index in [2.05, 4.69) is 25.3 Å². The lowest BCUT2D eigenvalue weighted by Gasteiger charge is -2.17. The smallest absolute Gasteiger partial charge is 0.209 e. The highest BCUT2D eigenvalue weighted by Crippen LogP contribution is 2.14. The molecule has 0 bridgehead atoms. The van der Waals surface area contributed by atoms with Gasteiger partial charge < -0.3 is 4.74 Å². The molecular weight excluding hydrogens is 240 g/mol. The molecule has 0 atom stereocenters. The number of halogens is 1. The predicted molar refractivity (Wildman–Crippen MR) is 52.2 cm³/mol. The van der Waals surface area contributed by atoms with Crippen molar-refractivity contribution in [1.82, 2.24) is 9.36 Å². The van der Waals surface area contributed by atoms with E-state index in [0.29, 0.717) is 11.3 Å². The van der Waals surface area contributed by atoms with E-state index in [1.54, 1.807) is 0 Å². The Bertz CT molecular complexity index is 256. The lowest BCUT2D eigenvalue weighted by atomic mass is 10.2. The van der Waals surface area contributed by atoms with Crippen LogP contribution < -0.4 is 0 Å². The van der Waals surface area contributed by atoms with E-state index < -0.39 is 0 Å². The van der Waals surface area contributed by atoms with Gasteiger partial charge in [0.05, 0.1) is 5.60 Å². The van der Waals surface area contributed by atoms with Gasteiger partial charge in [0.15, 0.2) is 0 Å². The molecule has 0 N–H and O–H groups in total. The number of ether oxygens (including phenoxy) is 1. The van der Waals surface area contributed by atoms with E-state index in [9.17, 15) is 0 Å². The molecule has 1 heterocycles. The first kappa shape index (κ1) is 10.1. The maximum absolute atomic E-state index is 5.52. The second kappa shape index (κ2) is 3.81. The topological polar surface area (TPSA) is 35.0 Å². The maximum Gasteiger partial charge on any atom is 0.209 e. The van der Waals surface area contributed by atoms with Crippen molar-refractivity contribution >= 4 is 27.5 Å². The van der Waals surface area contributed by atoms with Crippen molar-refractivity contribution in [1.29, 1.82) is 0 Å². The molecule has 5 heteroatoms. The van der Waals surface area contributed by atoms with Crippen LogP contribution in [0, 0.1) is 0 Å². The summed E-state index contributed by atoms with van der Waals surface area (Å²) in [6.07, 6.45) is 0. The van der Waals surface area contributed by atoms with E-state index >= 15 is 0 Å². The summed E-state index contributed by atoms with van der Waals surface area (Å²) in [4.78, 5) is 4.11. The molecule has 0 fully saturated rings. The summed E-state index contributed by atoms with van der Waals surface area (Å²) in [7, 11) is 0. The molecule has 0 amide bonds. The quantitative estimate of drug-likeness (QED) is 0.810. The number of nitrogens with zero attached hydrogens (tertiary/aromatic N) is 2. The summed E-state index contributed by atoms with van der Waals surface area (Å²) in [5.74, 6) is 0. The number of aromatic nitrogens is 2. The fraction of sp³-hybridized carbons (Fsp3) is 0.714. The molecule has 0 aliphatic carbocycles. The molecule has 68 valence electrons. The first-order valence-electron chi connectivity index (χ1n) is 3.59. The maximum atomic E-state index is 5.52. The molecular formula is C7H11BrN2OS. The van der Waals surface area contributed by atoms with Gasteiger partial charge in [0.1, 0.15) is 11.6 Å². The fourth-order valence-electron chi connectivity index (χ4n) is 0.571. The van der Waals surface area contributed by atoms with Gasteiger partial charge in [-0.15, -0.1) is 0 Å². The molecule has 0 saturated carbocycles. The Balaban J connectivity index is 2.44. The Morgan fingerprint density at radius 1 is 1.50 bits per heavy atom. The van der Waals surface area contributed by atoms with Crippen LogP contribution in [0.3, 0.4) is 0 Å². The van der Waals surface area contributed by atoms with Crippen LogP contribution >= 0.6 is 27.5 Å². The summed E-state index contributed by atoms with van der Waals surface area (Å²) in [6, 6.07) is 0. The third-order valence-electron chi connectivity index (χ3n) is 1.07. The van der Waals surface area contributed by atoms with Gasteiger partial charge in [-0.05, 0) is 48.2 Å². The van der Waals surface area contributed by atoms with Crippen molar-refractivity contribution < 1.29 is 4.74 Å². The van der Waals surface area contributed by atoms with Crippen LogP contribution in [0.2, 0.25) is 0 Å². The molecule has 0 aliphatic rings. The number of hydrogen-bond donors (Lipinski definition) is 0. The summed E-state index contributed by atoms with van der Waals surface area (Å²) in [5, 5.41) is 0.900. The van der Waals surface area contributed by atoms with Crippen molar-refractivity contribution in [2.24, 2.45) is 0 Å². The van der Waals surface area contributed by atoms with E-state index in [4.69, 9.17) is 4.74 Å². The molecule has 3 nitrogen and oxygen atoms in total. The van der Waals surface area contributed by atoms with E-state index in [1.165, 1.54) is 11.5 Å². The van der Waals surface area contributed by atoms with Crippen LogP contribution in [0.25, 0.3) is 0 Å². The molecule has 0 aliphatic heterocycles. The molecule has 0 saturated heterocycles. The Morgan fingerprint density at radius 3 is 2.58 bits per heavy atom. The van der Waals surface area contributed by atoms with Crippen LogP contribution in [0.4, 0.5) is 0 Å². The van der Waals surface area contributed by atoms with Crippen LogP contribution in [0.15, 0.2) is 4.73 Å². The minimum Gasteiger partial charge on any atom is -0.369 e. The number of rotatable bonds is 2. The first-order valence-corrected chi connectivity index (χ1v) is 5.16. The minimum absolute atomic E-state index is 0.113. The van der Waals surface area contributed by atoms with E-state index in [0.717, 1.165) is 5.01 Å². The summed E-state index contributed by atoms with van der Waals surface area (Å²) in [5.41, 5.74) is -0.113. The van der Waals surface area contributed by atoms with Gasteiger partial charge in [-0.1, -0.05) is 0 Å². The van der Waals surface area contributed by atoms with Gasteiger partial charge in [0, 0.05) is 0 Å². The third kappa shape index (κ3) is 3.60. The Labute approximate surface area is 84.5 Å². The first-order chi connectivity index (χ1) is 5.47. The summed E-state index contributed by atoms with van der Waals surface area (Å²) >= 11 is 4.54. The van der Waals surface area contributed by atoms with Crippen molar-refractivity contribution in [3.8, 4) is 0 Å². The molecule has 0 unspecified atom stereocenters. The van der Waals surface area contributed by atoms with Gasteiger partial charge >= 0.3 is 0 Å². The SMILES string of the molecule is CC(C)(C)OCc1nc(Br)ns1. The fourth-order valence-corrected chi connectivity index (χ4v) is 1.58. The van der Waals surface area contributed by atoms with Gasteiger partial charge in [-0.25, -0.2) is 4.98 Å². The average molecular weight is 251 g/mol. The zero-order valence-electron chi connectivity index (χ0n) is 7.30. The van der Waals surface area contributed by atoms with Crippen molar-refractivity contribution in [2.75, 3.05) is 0 Å². The normalized spacial score (nSPS) is 12.0. The van der Waals surface area contributed by atoms with E-state index in [-0.39, 0.29) is 5.60 Å². The zero-order valence-corrected chi connectivity index (χ0v) is 9.70. The largest absolute Gasteiger partial charge is 0.369 e. The number of hydrogen-bond acceptors (Lipinski definition) is 4. The Kier molecular flexibility index (Phi) is 3.20. The van der Waals surface area contributed by atoms with E-state index in [1.807, 2.05) is 20.8 Å². The van der Waals surface area contributed by atoms with Crippen LogP contribution in [0.5, 0.6) is 0 Å². The van der Waals surface area contributed by atoms with Crippen LogP contribution in [-0.2, 0) is 11.3 Å². The Hall–Kier alpha value is -0.0000000000000000278. The van der Waals surface area contributed by atoms with Gasteiger partial charge in [0.25, 0.3) is 0 Å². The molecule has 0 radical (unpaired) electrons. The molecule has 1 aromatic rings. The molecule has 1 aromatic heterocycles. The average Bonchev–Trinajstić information content (AvgIpc) is 2.30. The van der Waals surface area contributed by atoms with Crippen molar-refractivity contribution in [2.45, 2.75) is 33.0 Å². The minimum atomic E-state index is -0.113. The highest BCUT2D eigenvalue weighted by Gasteiger charge is 2.11. The molecule has 0 spiro atoms. The highest BCUT2D eigenvalue weighted by molar-refractivity contribution is 9.10. The van der Waals surface area contributed by atoms with Crippen molar-refractivity contribution in [3.63, 3.8) is 0 Å². The van der Waals surface area contributed by atoms with Gasteiger partial charge in [0.2, 0.25) is 4.73 Å². The summed E-state index contributed by atoms with van der Waals surface area (Å²) in [6.45, 7) is 6.59. The standard InChI is InChI=1S/C7H11BrN2OS/c1-7(2,3)11-4-5-9-6(8)10-12-5/h4H2,1-3H3. The van der Waals surface area contributed by atoms with Gasteiger partial charge in [-0.2, -0.15) is 4.37 Å². The van der Waals surface area contributed by atoms with Crippen molar-refractivity contribution in [3.05, 3.63) is 9.74 Å². The molecule has 1 rings (SSSR count). The molecule has 12 heavy (non-hydrogen) atoms. The lowest BCUT2D eigenvalue weighted by molar-refractivity contribution is -0.0150.